The standard InChI is InChI=1S/C28H25N9/c29-17-21-7-10-23(18-33-21)36-15-13-35(14-16-36)19-20-5-8-22(9-6-20)37-27(24-3-1-11-31-26(24)30)34-25-4-2-12-32-28(25)37/h1-12,18H,13-16,19H2,(H2,30,31). The number of pyridine rings is 3. The first-order valence-electron chi connectivity index (χ1n) is 12.2. The number of hydrogen-bond acceptors (Lipinski definition) is 8. The lowest BCUT2D eigenvalue weighted by Crippen LogP contribution is -2.46. The van der Waals surface area contributed by atoms with Crippen LogP contribution in [0.25, 0.3) is 28.2 Å². The van der Waals surface area contributed by atoms with Crippen LogP contribution in [0.15, 0.2) is 79.3 Å². The summed E-state index contributed by atoms with van der Waals surface area (Å²) in [7, 11) is 0. The summed E-state index contributed by atoms with van der Waals surface area (Å²) in [6.45, 7) is 4.65. The van der Waals surface area contributed by atoms with Gasteiger partial charge >= 0.3 is 0 Å². The number of rotatable bonds is 5. The summed E-state index contributed by atoms with van der Waals surface area (Å²) >= 11 is 0. The van der Waals surface area contributed by atoms with E-state index in [2.05, 4.69) is 55.1 Å². The Hall–Kier alpha value is -4.81. The van der Waals surface area contributed by atoms with Gasteiger partial charge in [0.25, 0.3) is 0 Å². The number of imidazole rings is 1. The Labute approximate surface area is 214 Å². The van der Waals surface area contributed by atoms with E-state index in [-0.39, 0.29) is 0 Å². The highest BCUT2D eigenvalue weighted by atomic mass is 15.3. The number of nitriles is 1. The second kappa shape index (κ2) is 9.68. The van der Waals surface area contributed by atoms with Crippen molar-refractivity contribution in [3.8, 4) is 23.1 Å². The fourth-order valence-electron chi connectivity index (χ4n) is 4.76. The lowest BCUT2D eigenvalue weighted by atomic mass is 10.1. The third kappa shape index (κ3) is 4.46. The second-order valence-corrected chi connectivity index (χ2v) is 9.00. The molecule has 1 fully saturated rings. The number of piperazine rings is 1. The van der Waals surface area contributed by atoms with Crippen LogP contribution in [0.2, 0.25) is 0 Å². The van der Waals surface area contributed by atoms with Crippen molar-refractivity contribution >= 4 is 22.7 Å². The van der Waals surface area contributed by atoms with E-state index < -0.39 is 0 Å². The molecule has 0 spiro atoms. The predicted octanol–water partition coefficient (Wildman–Crippen LogP) is 3.65. The predicted molar refractivity (Wildman–Crippen MR) is 143 cm³/mol. The summed E-state index contributed by atoms with van der Waals surface area (Å²) in [5, 5.41) is 8.96. The molecule has 6 rings (SSSR count). The number of aromatic nitrogens is 5. The lowest BCUT2D eigenvalue weighted by Gasteiger charge is -2.36. The highest BCUT2D eigenvalue weighted by molar-refractivity contribution is 5.82. The van der Waals surface area contributed by atoms with E-state index in [0.717, 1.165) is 66.7 Å². The average Bonchev–Trinajstić information content (AvgIpc) is 3.34. The summed E-state index contributed by atoms with van der Waals surface area (Å²) in [4.78, 5) is 22.6. The number of benzene rings is 1. The fraction of sp³-hybridized carbons (Fsp3) is 0.179. The van der Waals surface area contributed by atoms with E-state index in [0.29, 0.717) is 11.5 Å². The molecule has 5 aromatic rings. The summed E-state index contributed by atoms with van der Waals surface area (Å²) in [5.74, 6) is 1.16. The quantitative estimate of drug-likeness (QED) is 0.400. The molecule has 4 aromatic heterocycles. The normalized spacial score (nSPS) is 14.1. The van der Waals surface area contributed by atoms with Crippen LogP contribution in [-0.4, -0.2) is 55.6 Å². The number of nitrogen functional groups attached to an aromatic ring is 1. The second-order valence-electron chi connectivity index (χ2n) is 9.00. The molecule has 0 atom stereocenters. The molecule has 1 aliphatic rings. The Morgan fingerprint density at radius 1 is 0.838 bits per heavy atom. The molecule has 1 aliphatic heterocycles. The van der Waals surface area contributed by atoms with Gasteiger partial charge in [-0.1, -0.05) is 12.1 Å². The van der Waals surface area contributed by atoms with E-state index in [9.17, 15) is 0 Å². The molecule has 37 heavy (non-hydrogen) atoms. The van der Waals surface area contributed by atoms with Crippen LogP contribution in [0.5, 0.6) is 0 Å². The average molecular weight is 488 g/mol. The first kappa shape index (κ1) is 22.6. The smallest absolute Gasteiger partial charge is 0.164 e. The zero-order valence-corrected chi connectivity index (χ0v) is 20.2. The van der Waals surface area contributed by atoms with Crippen molar-refractivity contribution in [3.63, 3.8) is 0 Å². The molecular weight excluding hydrogens is 462 g/mol. The largest absolute Gasteiger partial charge is 0.383 e. The first-order valence-corrected chi connectivity index (χ1v) is 12.2. The van der Waals surface area contributed by atoms with Gasteiger partial charge in [-0.15, -0.1) is 0 Å². The topological polar surface area (TPSA) is 113 Å². The number of hydrogen-bond donors (Lipinski definition) is 1. The maximum Gasteiger partial charge on any atom is 0.164 e. The van der Waals surface area contributed by atoms with Gasteiger partial charge in [-0.2, -0.15) is 5.26 Å². The molecule has 2 N–H and O–H groups in total. The van der Waals surface area contributed by atoms with Gasteiger partial charge in [-0.3, -0.25) is 9.47 Å². The van der Waals surface area contributed by atoms with Crippen molar-refractivity contribution in [2.45, 2.75) is 6.54 Å². The number of nitrogens with two attached hydrogens (primary N) is 1. The molecule has 1 aromatic carbocycles. The Morgan fingerprint density at radius 3 is 2.32 bits per heavy atom. The van der Waals surface area contributed by atoms with E-state index in [1.54, 1.807) is 24.7 Å². The van der Waals surface area contributed by atoms with Crippen molar-refractivity contribution in [2.75, 3.05) is 36.8 Å². The molecule has 5 heterocycles. The van der Waals surface area contributed by atoms with Crippen LogP contribution in [-0.2, 0) is 6.54 Å². The number of fused-ring (bicyclic) bond motifs is 1. The molecule has 0 radical (unpaired) electrons. The minimum Gasteiger partial charge on any atom is -0.383 e. The molecule has 0 saturated carbocycles. The van der Waals surface area contributed by atoms with Gasteiger partial charge in [-0.25, -0.2) is 19.9 Å². The van der Waals surface area contributed by atoms with Crippen LogP contribution in [0, 0.1) is 11.3 Å². The van der Waals surface area contributed by atoms with E-state index in [1.807, 2.05) is 34.9 Å². The SMILES string of the molecule is N#Cc1ccc(N2CCN(Cc3ccc(-n4c(-c5cccnc5N)nc5cccnc54)cc3)CC2)cn1. The molecule has 0 bridgehead atoms. The molecule has 182 valence electrons. The molecule has 0 unspecified atom stereocenters. The highest BCUT2D eigenvalue weighted by Crippen LogP contribution is 2.30. The van der Waals surface area contributed by atoms with Gasteiger partial charge in [0, 0.05) is 50.8 Å². The van der Waals surface area contributed by atoms with Crippen molar-refractivity contribution in [3.05, 3.63) is 90.5 Å². The molecule has 0 aliphatic carbocycles. The van der Waals surface area contributed by atoms with Gasteiger partial charge in [0.05, 0.1) is 17.4 Å². The maximum absolute atomic E-state index is 8.96. The molecule has 0 amide bonds. The van der Waals surface area contributed by atoms with Gasteiger partial charge < -0.3 is 10.6 Å². The lowest BCUT2D eigenvalue weighted by molar-refractivity contribution is 0.250. The van der Waals surface area contributed by atoms with Gasteiger partial charge in [-0.05, 0) is 54.1 Å². The minimum atomic E-state index is 0.437. The van der Waals surface area contributed by atoms with Gasteiger partial charge in [0.15, 0.2) is 11.5 Å². The van der Waals surface area contributed by atoms with Crippen LogP contribution in [0.3, 0.4) is 0 Å². The summed E-state index contributed by atoms with van der Waals surface area (Å²) in [6, 6.07) is 22.0. The Morgan fingerprint density at radius 2 is 1.59 bits per heavy atom. The zero-order chi connectivity index (χ0) is 25.2. The third-order valence-electron chi connectivity index (χ3n) is 6.70. The van der Waals surface area contributed by atoms with Crippen LogP contribution >= 0.6 is 0 Å². The van der Waals surface area contributed by atoms with Crippen LogP contribution in [0.4, 0.5) is 11.5 Å². The zero-order valence-electron chi connectivity index (χ0n) is 20.2. The Kier molecular flexibility index (Phi) is 5.92. The van der Waals surface area contributed by atoms with Crippen LogP contribution < -0.4 is 10.6 Å². The molecule has 9 nitrogen and oxygen atoms in total. The van der Waals surface area contributed by atoms with E-state index in [4.69, 9.17) is 16.0 Å². The summed E-state index contributed by atoms with van der Waals surface area (Å²) in [5.41, 5.74) is 12.3. The van der Waals surface area contributed by atoms with Crippen molar-refractivity contribution in [1.82, 2.24) is 29.4 Å². The van der Waals surface area contributed by atoms with E-state index in [1.165, 1.54) is 5.56 Å². The number of anilines is 2. The minimum absolute atomic E-state index is 0.437. The monoisotopic (exact) mass is 487 g/mol. The maximum atomic E-state index is 8.96. The van der Waals surface area contributed by atoms with Crippen molar-refractivity contribution in [2.24, 2.45) is 0 Å². The van der Waals surface area contributed by atoms with Gasteiger partial charge in [0.2, 0.25) is 0 Å². The Balaban J connectivity index is 1.20. The van der Waals surface area contributed by atoms with Crippen LogP contribution in [0.1, 0.15) is 11.3 Å². The molecular formula is C28H25N9. The fourth-order valence-corrected chi connectivity index (χ4v) is 4.76. The number of nitrogens with zero attached hydrogens (tertiary/aromatic N) is 8. The van der Waals surface area contributed by atoms with Gasteiger partial charge in [0.1, 0.15) is 23.1 Å². The Bertz CT molecular complexity index is 1580. The third-order valence-corrected chi connectivity index (χ3v) is 6.70. The first-order chi connectivity index (χ1) is 18.2. The highest BCUT2D eigenvalue weighted by Gasteiger charge is 2.19. The molecule has 1 saturated heterocycles. The molecule has 9 heteroatoms. The van der Waals surface area contributed by atoms with Crippen molar-refractivity contribution in [1.29, 1.82) is 5.26 Å². The summed E-state index contributed by atoms with van der Waals surface area (Å²) in [6.07, 6.45) is 5.24. The van der Waals surface area contributed by atoms with E-state index >= 15 is 0 Å². The summed E-state index contributed by atoms with van der Waals surface area (Å²) < 4.78 is 2.04. The van der Waals surface area contributed by atoms with Crippen molar-refractivity contribution < 1.29 is 0 Å².